The van der Waals surface area contributed by atoms with E-state index < -0.39 is 0 Å². The van der Waals surface area contributed by atoms with Gasteiger partial charge in [0.1, 0.15) is 5.82 Å². The molecule has 0 unspecified atom stereocenters. The van der Waals surface area contributed by atoms with E-state index in [-0.39, 0.29) is 17.9 Å². The van der Waals surface area contributed by atoms with Gasteiger partial charge in [-0.05, 0) is 54.2 Å². The third-order valence-electron chi connectivity index (χ3n) is 5.59. The van der Waals surface area contributed by atoms with Crippen molar-refractivity contribution in [1.82, 2.24) is 19.8 Å². The zero-order valence-electron chi connectivity index (χ0n) is 16.7. The summed E-state index contributed by atoms with van der Waals surface area (Å²) in [6, 6.07) is 26.6. The van der Waals surface area contributed by atoms with Crippen LogP contribution in [0.3, 0.4) is 0 Å². The van der Waals surface area contributed by atoms with Crippen LogP contribution in [0.2, 0.25) is 0 Å². The topological polar surface area (TPSA) is 33.1 Å². The standard InChI is InChI=1S/C25H21FN4S/c26-19-11-4-5-13-21(19)29-16-8-14-22(29)24-23(20-12-6-7-15-27-20)28-25(31)30(24)17-18-9-2-1-3-10-18/h1-16,23-24H,17H2,(H,28,31)/t23-,24+/m1/s1. The maximum atomic E-state index is 14.7. The number of para-hydroxylation sites is 1. The van der Waals surface area contributed by atoms with Crippen molar-refractivity contribution < 1.29 is 4.39 Å². The molecule has 0 radical (unpaired) electrons. The van der Waals surface area contributed by atoms with Gasteiger partial charge in [0, 0.05) is 24.6 Å². The molecule has 1 fully saturated rings. The molecule has 1 aliphatic heterocycles. The zero-order chi connectivity index (χ0) is 21.2. The van der Waals surface area contributed by atoms with Crippen LogP contribution in [-0.2, 0) is 6.54 Å². The molecule has 0 amide bonds. The summed E-state index contributed by atoms with van der Waals surface area (Å²) < 4.78 is 16.6. The van der Waals surface area contributed by atoms with E-state index in [4.69, 9.17) is 12.2 Å². The summed E-state index contributed by atoms with van der Waals surface area (Å²) in [4.78, 5) is 6.75. The Morgan fingerprint density at radius 1 is 0.903 bits per heavy atom. The molecular formula is C25H21FN4S. The van der Waals surface area contributed by atoms with Crippen LogP contribution in [0.4, 0.5) is 4.39 Å². The molecule has 6 heteroatoms. The van der Waals surface area contributed by atoms with Gasteiger partial charge in [0.2, 0.25) is 0 Å². The van der Waals surface area contributed by atoms with Crippen LogP contribution in [0, 0.1) is 5.82 Å². The lowest BCUT2D eigenvalue weighted by atomic mass is 10.0. The maximum absolute atomic E-state index is 14.7. The van der Waals surface area contributed by atoms with Crippen LogP contribution in [0.1, 0.15) is 29.0 Å². The van der Waals surface area contributed by atoms with Gasteiger partial charge in [0.05, 0.1) is 23.5 Å². The molecule has 2 aromatic carbocycles. The number of pyridine rings is 1. The fourth-order valence-corrected chi connectivity index (χ4v) is 4.48. The Bertz CT molecular complexity index is 1190. The summed E-state index contributed by atoms with van der Waals surface area (Å²) in [6.07, 6.45) is 3.68. The maximum Gasteiger partial charge on any atom is 0.170 e. The summed E-state index contributed by atoms with van der Waals surface area (Å²) in [5, 5.41) is 4.12. The minimum Gasteiger partial charge on any atom is -0.352 e. The van der Waals surface area contributed by atoms with E-state index in [9.17, 15) is 4.39 Å². The molecule has 1 saturated heterocycles. The predicted octanol–water partition coefficient (Wildman–Crippen LogP) is 5.18. The van der Waals surface area contributed by atoms with Gasteiger partial charge in [0.25, 0.3) is 0 Å². The second-order valence-corrected chi connectivity index (χ2v) is 7.88. The summed E-state index contributed by atoms with van der Waals surface area (Å²) in [5.41, 5.74) is 3.51. The highest BCUT2D eigenvalue weighted by Crippen LogP contribution is 2.40. The first kappa shape index (κ1) is 19.5. The molecule has 2 atom stereocenters. The number of aromatic nitrogens is 2. The molecule has 4 nitrogen and oxygen atoms in total. The molecule has 154 valence electrons. The van der Waals surface area contributed by atoms with E-state index in [0.29, 0.717) is 17.3 Å². The Labute approximate surface area is 186 Å². The van der Waals surface area contributed by atoms with Gasteiger partial charge in [-0.3, -0.25) is 4.98 Å². The lowest BCUT2D eigenvalue weighted by molar-refractivity contribution is 0.302. The van der Waals surface area contributed by atoms with Crippen LogP contribution in [0.5, 0.6) is 0 Å². The normalized spacial score (nSPS) is 18.2. The highest BCUT2D eigenvalue weighted by Gasteiger charge is 2.41. The van der Waals surface area contributed by atoms with E-state index in [1.165, 1.54) is 6.07 Å². The largest absolute Gasteiger partial charge is 0.352 e. The Balaban J connectivity index is 1.62. The second kappa shape index (κ2) is 8.32. The molecule has 31 heavy (non-hydrogen) atoms. The van der Waals surface area contributed by atoms with Gasteiger partial charge in [-0.2, -0.15) is 0 Å². The highest BCUT2D eigenvalue weighted by molar-refractivity contribution is 7.80. The third-order valence-corrected chi connectivity index (χ3v) is 5.94. The zero-order valence-corrected chi connectivity index (χ0v) is 17.5. The number of halogens is 1. The summed E-state index contributed by atoms with van der Waals surface area (Å²) in [7, 11) is 0. The first-order chi connectivity index (χ1) is 15.2. The SMILES string of the molecule is Fc1ccccc1-n1cccc1[C@H]1[C@@H](c2ccccn2)NC(=S)N1Cc1ccccc1. The molecule has 2 aromatic heterocycles. The minimum absolute atomic E-state index is 0.155. The van der Waals surface area contributed by atoms with Gasteiger partial charge in [-0.1, -0.05) is 48.5 Å². The van der Waals surface area contributed by atoms with Crippen molar-refractivity contribution in [2.24, 2.45) is 0 Å². The van der Waals surface area contributed by atoms with Crippen molar-refractivity contribution in [2.45, 2.75) is 18.6 Å². The Hall–Kier alpha value is -3.51. The molecule has 0 spiro atoms. The first-order valence-electron chi connectivity index (χ1n) is 10.2. The molecular weight excluding hydrogens is 407 g/mol. The van der Waals surface area contributed by atoms with Crippen molar-refractivity contribution >= 4 is 17.3 Å². The number of nitrogens with one attached hydrogen (secondary N) is 1. The third kappa shape index (κ3) is 3.70. The quantitative estimate of drug-likeness (QED) is 0.444. The van der Waals surface area contributed by atoms with Crippen molar-refractivity contribution in [3.05, 3.63) is 120 Å². The molecule has 5 rings (SSSR count). The predicted molar refractivity (Wildman–Crippen MR) is 123 cm³/mol. The molecule has 1 aliphatic rings. The van der Waals surface area contributed by atoms with Gasteiger partial charge >= 0.3 is 0 Å². The molecule has 4 aromatic rings. The molecule has 0 saturated carbocycles. The fraction of sp³-hybridized carbons (Fsp3) is 0.120. The van der Waals surface area contributed by atoms with Gasteiger partial charge < -0.3 is 14.8 Å². The van der Waals surface area contributed by atoms with Crippen LogP contribution in [-0.4, -0.2) is 19.6 Å². The van der Waals surface area contributed by atoms with E-state index in [0.717, 1.165) is 17.0 Å². The Morgan fingerprint density at radius 2 is 1.68 bits per heavy atom. The van der Waals surface area contributed by atoms with E-state index in [1.54, 1.807) is 18.3 Å². The van der Waals surface area contributed by atoms with E-state index >= 15 is 0 Å². The number of nitrogens with zero attached hydrogens (tertiary/aromatic N) is 3. The van der Waals surface area contributed by atoms with Gasteiger partial charge in [-0.15, -0.1) is 0 Å². The minimum atomic E-state index is -0.266. The van der Waals surface area contributed by atoms with Crippen molar-refractivity contribution in [1.29, 1.82) is 0 Å². The first-order valence-corrected chi connectivity index (χ1v) is 10.6. The van der Waals surface area contributed by atoms with Crippen LogP contribution in [0.25, 0.3) is 5.69 Å². The van der Waals surface area contributed by atoms with Crippen LogP contribution >= 0.6 is 12.2 Å². The molecule has 0 bridgehead atoms. The van der Waals surface area contributed by atoms with Gasteiger partial charge in [0.15, 0.2) is 5.11 Å². The molecule has 0 aliphatic carbocycles. The van der Waals surface area contributed by atoms with Crippen LogP contribution in [0.15, 0.2) is 97.3 Å². The number of hydrogen-bond acceptors (Lipinski definition) is 2. The Morgan fingerprint density at radius 3 is 2.45 bits per heavy atom. The van der Waals surface area contributed by atoms with Crippen molar-refractivity contribution in [2.75, 3.05) is 0 Å². The molecule has 1 N–H and O–H groups in total. The van der Waals surface area contributed by atoms with Crippen molar-refractivity contribution in [3.8, 4) is 5.69 Å². The number of hydrogen-bond donors (Lipinski definition) is 1. The van der Waals surface area contributed by atoms with E-state index in [1.807, 2.05) is 65.4 Å². The summed E-state index contributed by atoms with van der Waals surface area (Å²) >= 11 is 5.76. The lowest BCUT2D eigenvalue weighted by Crippen LogP contribution is -2.30. The summed E-state index contributed by atoms with van der Waals surface area (Å²) in [5.74, 6) is -0.266. The fourth-order valence-electron chi connectivity index (χ4n) is 4.18. The Kier molecular flexibility index (Phi) is 5.22. The number of rotatable bonds is 5. The van der Waals surface area contributed by atoms with E-state index in [2.05, 4.69) is 27.3 Å². The monoisotopic (exact) mass is 428 g/mol. The number of benzene rings is 2. The van der Waals surface area contributed by atoms with Crippen LogP contribution < -0.4 is 5.32 Å². The average Bonchev–Trinajstić information content (AvgIpc) is 3.40. The second-order valence-electron chi connectivity index (χ2n) is 7.49. The van der Waals surface area contributed by atoms with Crippen molar-refractivity contribution in [3.63, 3.8) is 0 Å². The molecule has 3 heterocycles. The number of thiocarbonyl (C=S) groups is 1. The highest BCUT2D eigenvalue weighted by atomic mass is 32.1. The summed E-state index contributed by atoms with van der Waals surface area (Å²) in [6.45, 7) is 0.642. The lowest BCUT2D eigenvalue weighted by Gasteiger charge is -2.29. The smallest absolute Gasteiger partial charge is 0.170 e. The van der Waals surface area contributed by atoms with Gasteiger partial charge in [-0.25, -0.2) is 4.39 Å². The average molecular weight is 429 g/mol.